The number of hydrogen-bond donors (Lipinski definition) is 1. The molecule has 1 aliphatic heterocycles. The van der Waals surface area contributed by atoms with Crippen molar-refractivity contribution < 1.29 is 36.5 Å². The molecule has 1 saturated heterocycles. The first-order valence-electron chi connectivity index (χ1n) is 0.896. The van der Waals surface area contributed by atoms with Gasteiger partial charge in [0.15, 0.2) is 0 Å². The van der Waals surface area contributed by atoms with Gasteiger partial charge in [-0.2, -0.15) is 0 Å². The van der Waals surface area contributed by atoms with Gasteiger partial charge < -0.3 is 26.9 Å². The normalized spacial score (nSPS) is 10.9. The molecule has 0 atom stereocenters. The molecule has 7 nitrogen and oxygen atoms in total. The van der Waals surface area contributed by atoms with Gasteiger partial charge in [-0.1, -0.05) is 0 Å². The molecule has 1 rings (SSSR count). The summed E-state index contributed by atoms with van der Waals surface area (Å²) >= 11 is 0. The second-order valence-corrected chi connectivity index (χ2v) is 0.499. The summed E-state index contributed by atoms with van der Waals surface area (Å²) in [6.07, 6.45) is 0. The fraction of sp³-hybridized carbons (Fsp3) is 0. The van der Waals surface area contributed by atoms with Crippen LogP contribution in [0.2, 0.25) is 0 Å². The Morgan fingerprint density at radius 1 is 0.875 bits per heavy atom. The van der Waals surface area contributed by atoms with Crippen molar-refractivity contribution in [3.8, 4) is 0 Å². The van der Waals surface area contributed by atoms with E-state index in [0.717, 1.165) is 0 Å². The van der Waals surface area contributed by atoms with Gasteiger partial charge in [-0.15, -0.1) is 0 Å². The molecule has 8 heavy (non-hydrogen) atoms. The van der Waals surface area contributed by atoms with E-state index in [0.29, 0.717) is 0 Å². The fourth-order valence-electron chi connectivity index (χ4n) is 0.0248. The molecule has 0 spiro atoms. The summed E-state index contributed by atoms with van der Waals surface area (Å²) in [6, 6.07) is 0. The van der Waals surface area contributed by atoms with Crippen LogP contribution in [0.4, 0.5) is 0 Å². The molecule has 0 aromatic rings. The Hall–Kier alpha value is -0.215. The van der Waals surface area contributed by atoms with Crippen molar-refractivity contribution in [2.24, 2.45) is 0 Å². The van der Waals surface area contributed by atoms with Crippen LogP contribution in [0.5, 0.6) is 0 Å². The molecule has 1 heterocycles. The lowest BCUT2D eigenvalue weighted by molar-refractivity contribution is 0.0850. The first-order chi connectivity index (χ1) is 1.89. The summed E-state index contributed by atoms with van der Waals surface area (Å²) in [6.45, 7) is 0. The predicted molar refractivity (Wildman–Crippen MR) is 24.6 cm³/mol. The standard InChI is InChI=1S/BHO3.4H2O/c2-1-3-4-1;;;;/h2H;4*1H2. The monoisotopic (exact) mass is 132 g/mol. The molecule has 0 unspecified atom stereocenters. The minimum Gasteiger partial charge on any atom is -0.412 e. The van der Waals surface area contributed by atoms with E-state index in [2.05, 4.69) is 9.61 Å². The van der Waals surface area contributed by atoms with Gasteiger partial charge in [0.25, 0.3) is 0 Å². The van der Waals surface area contributed by atoms with E-state index in [1.165, 1.54) is 0 Å². The molecule has 8 heteroatoms. The topological polar surface area (TPSA) is 171 Å². The predicted octanol–water partition coefficient (Wildman–Crippen LogP) is -4.37. The average molecular weight is 132 g/mol. The second kappa shape index (κ2) is 9.92. The summed E-state index contributed by atoms with van der Waals surface area (Å²) in [4.78, 5) is 7.53. The zero-order valence-electron chi connectivity index (χ0n) is 3.84. The van der Waals surface area contributed by atoms with Crippen LogP contribution in [-0.2, 0) is 9.61 Å². The maximum Gasteiger partial charge on any atom is 0.691 e. The Kier molecular flexibility index (Phi) is 31.0. The van der Waals surface area contributed by atoms with Crippen molar-refractivity contribution in [2.45, 2.75) is 0 Å². The Balaban J connectivity index is -0.0000000200. The van der Waals surface area contributed by atoms with Gasteiger partial charge in [0.2, 0.25) is 0 Å². The van der Waals surface area contributed by atoms with Gasteiger partial charge in [0.05, 0.1) is 0 Å². The van der Waals surface area contributed by atoms with Crippen LogP contribution < -0.4 is 0 Å². The summed E-state index contributed by atoms with van der Waals surface area (Å²) < 4.78 is 0. The molecular formula is H9BO7. The maximum atomic E-state index is 7.72. The molecule has 0 saturated carbocycles. The highest BCUT2D eigenvalue weighted by Gasteiger charge is 2.33. The van der Waals surface area contributed by atoms with E-state index in [9.17, 15) is 0 Å². The number of rotatable bonds is 0. The summed E-state index contributed by atoms with van der Waals surface area (Å²) in [5, 5.41) is 7.72. The SMILES string of the molecule is O.O.O.O.OB1OO1. The van der Waals surface area contributed by atoms with Gasteiger partial charge in [-0.3, -0.25) is 0 Å². The third kappa shape index (κ3) is 17.1. The van der Waals surface area contributed by atoms with E-state index in [1.54, 1.807) is 0 Å². The molecule has 0 aromatic heterocycles. The lowest BCUT2D eigenvalue weighted by atomic mass is 10.3. The smallest absolute Gasteiger partial charge is 0.412 e. The third-order valence-corrected chi connectivity index (χ3v) is 0.182. The third-order valence-electron chi connectivity index (χ3n) is 0.182. The molecule has 0 bridgehead atoms. The van der Waals surface area contributed by atoms with E-state index >= 15 is 0 Å². The molecule has 9 N–H and O–H groups in total. The molecular weight excluding hydrogens is 123 g/mol. The maximum absolute atomic E-state index is 7.72. The zero-order chi connectivity index (χ0) is 2.99. The molecule has 0 aromatic carbocycles. The lowest BCUT2D eigenvalue weighted by Gasteiger charge is -1.33. The largest absolute Gasteiger partial charge is 0.691 e. The number of hydrogen-bond acceptors (Lipinski definition) is 3. The van der Waals surface area contributed by atoms with Crippen molar-refractivity contribution in [3.63, 3.8) is 0 Å². The summed E-state index contributed by atoms with van der Waals surface area (Å²) in [5.74, 6) is 0. The van der Waals surface area contributed by atoms with Crippen LogP contribution in [-0.4, -0.2) is 34.3 Å². The van der Waals surface area contributed by atoms with Crippen LogP contribution in [0, 0.1) is 0 Å². The second-order valence-electron chi connectivity index (χ2n) is 0.499. The first kappa shape index (κ1) is 25.0. The van der Waals surface area contributed by atoms with Gasteiger partial charge >= 0.3 is 7.32 Å². The van der Waals surface area contributed by atoms with Crippen LogP contribution in [0.3, 0.4) is 0 Å². The summed E-state index contributed by atoms with van der Waals surface area (Å²) in [7, 11) is -0.917. The Labute approximate surface area is 45.2 Å². The van der Waals surface area contributed by atoms with Gasteiger partial charge in [-0.25, -0.2) is 9.61 Å². The van der Waals surface area contributed by atoms with Gasteiger partial charge in [0, 0.05) is 0 Å². The van der Waals surface area contributed by atoms with E-state index < -0.39 is 7.32 Å². The fourth-order valence-corrected chi connectivity index (χ4v) is 0.0248. The van der Waals surface area contributed by atoms with Crippen molar-refractivity contribution >= 4 is 7.32 Å². The van der Waals surface area contributed by atoms with Crippen LogP contribution in [0.1, 0.15) is 0 Å². The molecule has 0 aliphatic carbocycles. The Morgan fingerprint density at radius 3 is 1.00 bits per heavy atom. The van der Waals surface area contributed by atoms with Crippen LogP contribution >= 0.6 is 0 Å². The lowest BCUT2D eigenvalue weighted by Crippen LogP contribution is -1.78. The van der Waals surface area contributed by atoms with Crippen LogP contribution in [0.15, 0.2) is 0 Å². The average Bonchev–Trinajstić information content (AvgIpc) is 1.75. The van der Waals surface area contributed by atoms with Gasteiger partial charge in [0.1, 0.15) is 0 Å². The first-order valence-corrected chi connectivity index (χ1v) is 0.896. The quantitative estimate of drug-likeness (QED) is 0.199. The van der Waals surface area contributed by atoms with Gasteiger partial charge in [-0.05, 0) is 0 Å². The van der Waals surface area contributed by atoms with E-state index in [-0.39, 0.29) is 21.9 Å². The Morgan fingerprint density at radius 2 is 1.00 bits per heavy atom. The molecule has 1 aliphatic rings. The highest BCUT2D eigenvalue weighted by atomic mass is 17.3. The van der Waals surface area contributed by atoms with E-state index in [4.69, 9.17) is 5.02 Å². The molecule has 0 amide bonds. The molecule has 54 valence electrons. The van der Waals surface area contributed by atoms with Crippen molar-refractivity contribution in [1.29, 1.82) is 0 Å². The Bertz CT molecular complexity index is 23.6. The van der Waals surface area contributed by atoms with Crippen LogP contribution in [0.25, 0.3) is 0 Å². The molecule has 0 radical (unpaired) electrons. The van der Waals surface area contributed by atoms with Crippen molar-refractivity contribution in [1.82, 2.24) is 0 Å². The zero-order valence-corrected chi connectivity index (χ0v) is 3.84. The minimum absolute atomic E-state index is 0. The summed E-state index contributed by atoms with van der Waals surface area (Å²) in [5.41, 5.74) is 0. The van der Waals surface area contributed by atoms with Crippen molar-refractivity contribution in [2.75, 3.05) is 0 Å². The van der Waals surface area contributed by atoms with E-state index in [1.807, 2.05) is 0 Å². The highest BCUT2D eigenvalue weighted by Crippen LogP contribution is 1.98. The van der Waals surface area contributed by atoms with Crippen molar-refractivity contribution in [3.05, 3.63) is 0 Å². The molecule has 1 fully saturated rings. The minimum atomic E-state index is -0.917. The highest BCUT2D eigenvalue weighted by molar-refractivity contribution is 6.40.